The number of aromatic nitrogens is 3. The van der Waals surface area contributed by atoms with Gasteiger partial charge in [0.25, 0.3) is 0 Å². The molecule has 3 nitrogen and oxygen atoms in total. The first kappa shape index (κ1) is 11.0. The predicted octanol–water partition coefficient (Wildman–Crippen LogP) is 3.53. The van der Waals surface area contributed by atoms with Crippen molar-refractivity contribution in [3.05, 3.63) is 24.2 Å². The lowest BCUT2D eigenvalue weighted by atomic mass is 10.3. The molecule has 2 aromatic heterocycles. The minimum absolute atomic E-state index is 0.0663. The normalized spacial score (nSPS) is 17.5. The molecule has 0 amide bonds. The van der Waals surface area contributed by atoms with Crippen molar-refractivity contribution < 1.29 is 0 Å². The Hall–Kier alpha value is -1.09. The minimum Gasteiger partial charge on any atom is -0.311 e. The number of alkyl halides is 1. The van der Waals surface area contributed by atoms with E-state index in [0.717, 1.165) is 29.5 Å². The summed E-state index contributed by atoms with van der Waals surface area (Å²) in [6.45, 7) is 2.96. The van der Waals surface area contributed by atoms with Gasteiger partial charge in [0.05, 0.1) is 5.38 Å². The number of imidazole rings is 1. The second kappa shape index (κ2) is 4.30. The molecule has 4 heteroatoms. The van der Waals surface area contributed by atoms with Crippen molar-refractivity contribution in [3.63, 3.8) is 0 Å². The summed E-state index contributed by atoms with van der Waals surface area (Å²) in [5.41, 5.74) is 1.92. The first-order chi connectivity index (χ1) is 8.25. The van der Waals surface area contributed by atoms with Crippen LogP contribution < -0.4 is 0 Å². The van der Waals surface area contributed by atoms with Gasteiger partial charge in [-0.05, 0) is 31.4 Å². The standard InChI is InChI=1S/C13H16ClN3/c1-9(14)12-16-11-3-2-7-15-13(11)17(12)8-6-10-4-5-10/h2-3,7,9-10H,4-6,8H2,1H3. The lowest BCUT2D eigenvalue weighted by Gasteiger charge is -2.09. The van der Waals surface area contributed by atoms with Gasteiger partial charge in [0.1, 0.15) is 11.3 Å². The summed E-state index contributed by atoms with van der Waals surface area (Å²) < 4.78 is 2.19. The van der Waals surface area contributed by atoms with E-state index in [1.807, 2.05) is 25.3 Å². The summed E-state index contributed by atoms with van der Waals surface area (Å²) in [4.78, 5) is 9.00. The quantitative estimate of drug-likeness (QED) is 0.776. The number of hydrogen-bond acceptors (Lipinski definition) is 2. The third-order valence-corrected chi connectivity index (χ3v) is 3.54. The van der Waals surface area contributed by atoms with Gasteiger partial charge in [-0.1, -0.05) is 12.8 Å². The maximum Gasteiger partial charge on any atom is 0.160 e. The molecule has 17 heavy (non-hydrogen) atoms. The van der Waals surface area contributed by atoms with E-state index >= 15 is 0 Å². The van der Waals surface area contributed by atoms with Crippen LogP contribution in [0.15, 0.2) is 18.3 Å². The Morgan fingerprint density at radius 2 is 2.35 bits per heavy atom. The Labute approximate surface area is 106 Å². The third kappa shape index (κ3) is 2.16. The molecule has 90 valence electrons. The van der Waals surface area contributed by atoms with Gasteiger partial charge in [-0.25, -0.2) is 9.97 Å². The topological polar surface area (TPSA) is 30.7 Å². The summed E-state index contributed by atoms with van der Waals surface area (Å²) in [6.07, 6.45) is 5.80. The summed E-state index contributed by atoms with van der Waals surface area (Å²) in [7, 11) is 0. The summed E-state index contributed by atoms with van der Waals surface area (Å²) in [5, 5.41) is -0.0663. The van der Waals surface area contributed by atoms with Crippen molar-refractivity contribution in [2.75, 3.05) is 0 Å². The highest BCUT2D eigenvalue weighted by Gasteiger charge is 2.22. The molecule has 1 aliphatic rings. The average Bonchev–Trinajstić information content (AvgIpc) is 3.07. The van der Waals surface area contributed by atoms with Gasteiger partial charge in [-0.3, -0.25) is 0 Å². The van der Waals surface area contributed by atoms with Crippen molar-refractivity contribution >= 4 is 22.8 Å². The van der Waals surface area contributed by atoms with E-state index in [0.29, 0.717) is 0 Å². The van der Waals surface area contributed by atoms with Crippen molar-refractivity contribution in [1.82, 2.24) is 14.5 Å². The molecule has 1 atom stereocenters. The maximum absolute atomic E-state index is 6.20. The molecule has 0 bridgehead atoms. The number of fused-ring (bicyclic) bond motifs is 1. The van der Waals surface area contributed by atoms with Crippen LogP contribution in [0.5, 0.6) is 0 Å². The second-order valence-electron chi connectivity index (χ2n) is 4.82. The van der Waals surface area contributed by atoms with Crippen LogP contribution in [-0.4, -0.2) is 14.5 Å². The lowest BCUT2D eigenvalue weighted by Crippen LogP contribution is -2.06. The van der Waals surface area contributed by atoms with Crippen molar-refractivity contribution in [2.24, 2.45) is 5.92 Å². The van der Waals surface area contributed by atoms with Crippen molar-refractivity contribution in [3.8, 4) is 0 Å². The molecule has 2 aromatic rings. The number of aryl methyl sites for hydroxylation is 1. The molecule has 0 saturated heterocycles. The van der Waals surface area contributed by atoms with Crippen LogP contribution >= 0.6 is 11.6 Å². The molecule has 2 heterocycles. The average molecular weight is 250 g/mol. The van der Waals surface area contributed by atoms with E-state index in [1.54, 1.807) is 0 Å². The Balaban J connectivity index is 2.00. The monoisotopic (exact) mass is 249 g/mol. The molecule has 3 rings (SSSR count). The van der Waals surface area contributed by atoms with Gasteiger partial charge >= 0.3 is 0 Å². The van der Waals surface area contributed by atoms with Crippen LogP contribution in [-0.2, 0) is 6.54 Å². The van der Waals surface area contributed by atoms with E-state index in [1.165, 1.54) is 19.3 Å². The van der Waals surface area contributed by atoms with Gasteiger partial charge in [-0.2, -0.15) is 0 Å². The Bertz CT molecular complexity index is 528. The zero-order chi connectivity index (χ0) is 11.8. The maximum atomic E-state index is 6.20. The molecule has 0 N–H and O–H groups in total. The van der Waals surface area contributed by atoms with Gasteiger partial charge in [0, 0.05) is 12.7 Å². The molecule has 0 aromatic carbocycles. The van der Waals surface area contributed by atoms with Crippen LogP contribution in [0.2, 0.25) is 0 Å². The highest BCUT2D eigenvalue weighted by Crippen LogP contribution is 2.34. The van der Waals surface area contributed by atoms with E-state index in [4.69, 9.17) is 11.6 Å². The molecule has 0 radical (unpaired) electrons. The molecule has 1 fully saturated rings. The van der Waals surface area contributed by atoms with E-state index < -0.39 is 0 Å². The molecule has 1 saturated carbocycles. The first-order valence-electron chi connectivity index (χ1n) is 6.21. The number of halogens is 1. The summed E-state index contributed by atoms with van der Waals surface area (Å²) >= 11 is 6.20. The zero-order valence-electron chi connectivity index (χ0n) is 9.93. The molecule has 0 aliphatic heterocycles. The minimum atomic E-state index is -0.0663. The Morgan fingerprint density at radius 1 is 1.53 bits per heavy atom. The van der Waals surface area contributed by atoms with Crippen LogP contribution in [0.4, 0.5) is 0 Å². The fourth-order valence-electron chi connectivity index (χ4n) is 2.22. The fraction of sp³-hybridized carbons (Fsp3) is 0.538. The van der Waals surface area contributed by atoms with Crippen LogP contribution in [0.1, 0.15) is 37.4 Å². The second-order valence-corrected chi connectivity index (χ2v) is 5.47. The number of rotatable bonds is 4. The molecule has 1 aliphatic carbocycles. The highest BCUT2D eigenvalue weighted by atomic mass is 35.5. The van der Waals surface area contributed by atoms with Gasteiger partial charge in [0.15, 0.2) is 5.65 Å². The molecular weight excluding hydrogens is 234 g/mol. The molecule has 0 spiro atoms. The highest BCUT2D eigenvalue weighted by molar-refractivity contribution is 6.20. The van der Waals surface area contributed by atoms with Gasteiger partial charge < -0.3 is 4.57 Å². The number of pyridine rings is 1. The molecule has 1 unspecified atom stereocenters. The Kier molecular flexibility index (Phi) is 2.79. The fourth-order valence-corrected chi connectivity index (χ4v) is 2.38. The van der Waals surface area contributed by atoms with Crippen LogP contribution in [0.25, 0.3) is 11.2 Å². The van der Waals surface area contributed by atoms with E-state index in [9.17, 15) is 0 Å². The summed E-state index contributed by atoms with van der Waals surface area (Å²) in [6, 6.07) is 3.92. The summed E-state index contributed by atoms with van der Waals surface area (Å²) in [5.74, 6) is 1.86. The van der Waals surface area contributed by atoms with Gasteiger partial charge in [-0.15, -0.1) is 11.6 Å². The van der Waals surface area contributed by atoms with Crippen molar-refractivity contribution in [1.29, 1.82) is 0 Å². The van der Waals surface area contributed by atoms with E-state index in [2.05, 4.69) is 14.5 Å². The van der Waals surface area contributed by atoms with Crippen LogP contribution in [0, 0.1) is 5.92 Å². The number of hydrogen-bond donors (Lipinski definition) is 0. The SMILES string of the molecule is CC(Cl)c1nc2cccnc2n1CCC1CC1. The predicted molar refractivity (Wildman–Crippen MR) is 69.1 cm³/mol. The first-order valence-corrected chi connectivity index (χ1v) is 6.64. The van der Waals surface area contributed by atoms with Crippen molar-refractivity contribution in [2.45, 2.75) is 38.1 Å². The van der Waals surface area contributed by atoms with E-state index in [-0.39, 0.29) is 5.38 Å². The third-order valence-electron chi connectivity index (χ3n) is 3.35. The largest absolute Gasteiger partial charge is 0.311 e. The smallest absolute Gasteiger partial charge is 0.160 e. The zero-order valence-corrected chi connectivity index (χ0v) is 10.7. The Morgan fingerprint density at radius 3 is 3.06 bits per heavy atom. The van der Waals surface area contributed by atoms with Crippen LogP contribution in [0.3, 0.4) is 0 Å². The van der Waals surface area contributed by atoms with Gasteiger partial charge in [0.2, 0.25) is 0 Å². The lowest BCUT2D eigenvalue weighted by molar-refractivity contribution is 0.582. The number of nitrogens with zero attached hydrogens (tertiary/aromatic N) is 3. The molecular formula is C13H16ClN3.